The Kier molecular flexibility index (Phi) is 3.84. The number of hydrogen-bond donors (Lipinski definition) is 3. The molecule has 0 bridgehead atoms. The van der Waals surface area contributed by atoms with Gasteiger partial charge in [0.05, 0.1) is 0 Å². The average molecular weight is 289 g/mol. The quantitative estimate of drug-likeness (QED) is 0.563. The van der Waals surface area contributed by atoms with Crippen LogP contribution in [0.15, 0.2) is 22.9 Å². The van der Waals surface area contributed by atoms with Gasteiger partial charge in [-0.05, 0) is 48.6 Å². The summed E-state index contributed by atoms with van der Waals surface area (Å²) in [6.07, 6.45) is 3.34. The second-order valence-electron chi connectivity index (χ2n) is 5.30. The van der Waals surface area contributed by atoms with Crippen molar-refractivity contribution in [3.05, 3.63) is 34.3 Å². The van der Waals surface area contributed by atoms with E-state index in [1.807, 2.05) is 6.07 Å². The van der Waals surface area contributed by atoms with E-state index in [4.69, 9.17) is 5.84 Å². The second kappa shape index (κ2) is 5.76. The molecule has 2 aromatic rings. The number of nitrogens with zero attached hydrogens (tertiary/aromatic N) is 2. The van der Waals surface area contributed by atoms with Crippen LogP contribution in [0.1, 0.15) is 37.1 Å². The Morgan fingerprint density at radius 3 is 2.85 bits per heavy atom. The van der Waals surface area contributed by atoms with Crippen LogP contribution < -0.4 is 16.6 Å². The van der Waals surface area contributed by atoms with Crippen LogP contribution in [0, 0.1) is 0 Å². The molecule has 4 N–H and O–H groups in total. The fraction of sp³-hybridized carbons (Fsp3) is 0.429. The zero-order valence-corrected chi connectivity index (χ0v) is 12.3. The molecule has 5 nitrogen and oxygen atoms in total. The molecule has 0 aliphatic heterocycles. The maximum absolute atomic E-state index is 5.48. The zero-order chi connectivity index (χ0) is 13.9. The molecular formula is C14H19N5S. The third-order valence-electron chi connectivity index (χ3n) is 3.35. The highest BCUT2D eigenvalue weighted by atomic mass is 32.1. The summed E-state index contributed by atoms with van der Waals surface area (Å²) >= 11 is 1.73. The van der Waals surface area contributed by atoms with Crippen LogP contribution in [-0.4, -0.2) is 16.0 Å². The number of hydrazine groups is 1. The minimum Gasteiger partial charge on any atom is -0.367 e. The highest BCUT2D eigenvalue weighted by molar-refractivity contribution is 7.07. The van der Waals surface area contributed by atoms with Crippen molar-refractivity contribution >= 4 is 23.0 Å². The molecule has 1 fully saturated rings. The number of nitrogen functional groups attached to an aromatic ring is 1. The van der Waals surface area contributed by atoms with E-state index in [1.165, 1.54) is 18.4 Å². The van der Waals surface area contributed by atoms with Gasteiger partial charge in [-0.25, -0.2) is 15.8 Å². The first-order chi connectivity index (χ1) is 9.74. The molecule has 1 atom stereocenters. The van der Waals surface area contributed by atoms with Crippen LogP contribution in [0.2, 0.25) is 0 Å². The van der Waals surface area contributed by atoms with Crippen LogP contribution >= 0.6 is 11.3 Å². The monoisotopic (exact) mass is 289 g/mol. The normalized spacial score (nSPS) is 15.9. The van der Waals surface area contributed by atoms with E-state index in [-0.39, 0.29) is 0 Å². The van der Waals surface area contributed by atoms with Gasteiger partial charge in [-0.2, -0.15) is 11.3 Å². The van der Waals surface area contributed by atoms with Crippen LogP contribution in [0.3, 0.4) is 0 Å². The predicted molar refractivity (Wildman–Crippen MR) is 82.9 cm³/mol. The Labute approximate surface area is 122 Å². The molecule has 2 aromatic heterocycles. The van der Waals surface area contributed by atoms with Crippen molar-refractivity contribution in [1.82, 2.24) is 9.97 Å². The van der Waals surface area contributed by atoms with Crippen LogP contribution in [0.4, 0.5) is 11.6 Å². The molecule has 1 unspecified atom stereocenters. The molecule has 0 aromatic carbocycles. The van der Waals surface area contributed by atoms with E-state index in [1.54, 1.807) is 11.3 Å². The van der Waals surface area contributed by atoms with Crippen LogP contribution in [-0.2, 0) is 6.42 Å². The maximum atomic E-state index is 5.48. The van der Waals surface area contributed by atoms with Gasteiger partial charge in [0.2, 0.25) is 0 Å². The molecule has 0 spiro atoms. The number of aromatic nitrogens is 2. The van der Waals surface area contributed by atoms with Gasteiger partial charge in [-0.1, -0.05) is 0 Å². The molecule has 2 heterocycles. The summed E-state index contributed by atoms with van der Waals surface area (Å²) in [4.78, 5) is 9.01. The van der Waals surface area contributed by atoms with Gasteiger partial charge in [0.1, 0.15) is 17.5 Å². The van der Waals surface area contributed by atoms with Crippen molar-refractivity contribution in [2.45, 2.75) is 38.1 Å². The summed E-state index contributed by atoms with van der Waals surface area (Å²) in [6.45, 7) is 2.16. The lowest BCUT2D eigenvalue weighted by Gasteiger charge is -2.15. The van der Waals surface area contributed by atoms with E-state index in [2.05, 4.69) is 44.5 Å². The van der Waals surface area contributed by atoms with Gasteiger partial charge in [0.25, 0.3) is 0 Å². The number of nitrogens with two attached hydrogens (primary N) is 1. The van der Waals surface area contributed by atoms with Crippen molar-refractivity contribution in [3.8, 4) is 0 Å². The molecule has 1 saturated carbocycles. The lowest BCUT2D eigenvalue weighted by Crippen LogP contribution is -2.20. The zero-order valence-electron chi connectivity index (χ0n) is 11.5. The van der Waals surface area contributed by atoms with E-state index in [9.17, 15) is 0 Å². The molecule has 0 saturated heterocycles. The lowest BCUT2D eigenvalue weighted by atomic mass is 10.1. The lowest BCUT2D eigenvalue weighted by molar-refractivity contribution is 0.781. The Hall–Kier alpha value is -1.66. The summed E-state index contributed by atoms with van der Waals surface area (Å²) in [5.41, 5.74) is 3.97. The highest BCUT2D eigenvalue weighted by Crippen LogP contribution is 2.38. The van der Waals surface area contributed by atoms with Crippen LogP contribution in [0.25, 0.3) is 0 Å². The Balaban J connectivity index is 1.70. The molecule has 3 rings (SSSR count). The Bertz CT molecular complexity index is 565. The molecule has 1 aliphatic carbocycles. The Morgan fingerprint density at radius 2 is 2.20 bits per heavy atom. The van der Waals surface area contributed by atoms with Crippen molar-refractivity contribution in [2.75, 3.05) is 10.7 Å². The van der Waals surface area contributed by atoms with Crippen molar-refractivity contribution in [1.29, 1.82) is 0 Å². The summed E-state index contributed by atoms with van der Waals surface area (Å²) in [5, 5.41) is 7.72. The highest BCUT2D eigenvalue weighted by Gasteiger charge is 2.27. The van der Waals surface area contributed by atoms with E-state index >= 15 is 0 Å². The largest absolute Gasteiger partial charge is 0.367 e. The number of thiophene rings is 1. The summed E-state index contributed by atoms with van der Waals surface area (Å²) in [6, 6.07) is 4.33. The number of rotatable bonds is 6. The molecule has 1 aliphatic rings. The van der Waals surface area contributed by atoms with Gasteiger partial charge in [0.15, 0.2) is 0 Å². The third kappa shape index (κ3) is 3.26. The van der Waals surface area contributed by atoms with E-state index < -0.39 is 0 Å². The number of hydrogen-bond acceptors (Lipinski definition) is 6. The standard InChI is InChI=1S/C14H19N5S/c1-9(6-10-4-5-20-8-10)16-12-7-13(19-15)18-14(17-12)11-2-3-11/h4-5,7-9,11H,2-3,6,15H2,1H3,(H2,16,17,18,19). The van der Waals surface area contributed by atoms with Crippen molar-refractivity contribution < 1.29 is 0 Å². The van der Waals surface area contributed by atoms with E-state index in [0.717, 1.165) is 18.1 Å². The average Bonchev–Trinajstić information content (AvgIpc) is 3.17. The van der Waals surface area contributed by atoms with Gasteiger partial charge in [-0.3, -0.25) is 0 Å². The molecular weight excluding hydrogens is 270 g/mol. The summed E-state index contributed by atoms with van der Waals surface area (Å²) in [7, 11) is 0. The summed E-state index contributed by atoms with van der Waals surface area (Å²) in [5.74, 6) is 8.40. The molecule has 106 valence electrons. The Morgan fingerprint density at radius 1 is 1.40 bits per heavy atom. The second-order valence-corrected chi connectivity index (χ2v) is 6.08. The fourth-order valence-corrected chi connectivity index (χ4v) is 2.89. The number of nitrogens with one attached hydrogen (secondary N) is 2. The van der Waals surface area contributed by atoms with Crippen LogP contribution in [0.5, 0.6) is 0 Å². The van der Waals surface area contributed by atoms with Crippen molar-refractivity contribution in [2.24, 2.45) is 5.84 Å². The minimum absolute atomic E-state index is 0.317. The fourth-order valence-electron chi connectivity index (χ4n) is 2.20. The first kappa shape index (κ1) is 13.3. The smallest absolute Gasteiger partial charge is 0.145 e. The third-order valence-corrected chi connectivity index (χ3v) is 4.08. The molecule has 6 heteroatoms. The first-order valence-corrected chi connectivity index (χ1v) is 7.82. The van der Waals surface area contributed by atoms with Gasteiger partial charge in [0, 0.05) is 18.0 Å². The number of anilines is 2. The van der Waals surface area contributed by atoms with Gasteiger partial charge < -0.3 is 10.7 Å². The van der Waals surface area contributed by atoms with Crippen molar-refractivity contribution in [3.63, 3.8) is 0 Å². The summed E-state index contributed by atoms with van der Waals surface area (Å²) < 4.78 is 0. The molecule has 20 heavy (non-hydrogen) atoms. The van der Waals surface area contributed by atoms with Gasteiger partial charge >= 0.3 is 0 Å². The topological polar surface area (TPSA) is 75.9 Å². The molecule has 0 radical (unpaired) electrons. The maximum Gasteiger partial charge on any atom is 0.145 e. The van der Waals surface area contributed by atoms with Gasteiger partial charge in [-0.15, -0.1) is 0 Å². The first-order valence-electron chi connectivity index (χ1n) is 6.88. The predicted octanol–water partition coefficient (Wildman–Crippen LogP) is 2.74. The SMILES string of the molecule is CC(Cc1ccsc1)Nc1cc(NN)nc(C2CC2)n1. The van der Waals surface area contributed by atoms with E-state index in [0.29, 0.717) is 17.8 Å². The minimum atomic E-state index is 0.317. The molecule has 0 amide bonds.